The van der Waals surface area contributed by atoms with Crippen LogP contribution < -0.4 is 17.1 Å². The maximum Gasteiger partial charge on any atom is 0.146 e. The van der Waals surface area contributed by atoms with Crippen molar-refractivity contribution in [3.8, 4) is 5.75 Å². The number of ether oxygens (including phenoxy) is 1. The fourth-order valence-corrected chi connectivity index (χ4v) is 2.63. The van der Waals surface area contributed by atoms with Crippen LogP contribution in [0.4, 0.5) is 0 Å². The Morgan fingerprint density at radius 1 is 1.05 bits per heavy atom. The first-order valence-electron chi connectivity index (χ1n) is 8.47. The summed E-state index contributed by atoms with van der Waals surface area (Å²) in [5.74, 6) is 0.939. The predicted molar refractivity (Wildman–Crippen MR) is 89.5 cm³/mol. The predicted octanol–water partition coefficient (Wildman–Crippen LogP) is 1.42. The standard InChI is InChI=1S/C18H33N2O.ClH/c1-5-7-8-9-10-11-15-20(3,4)16-17-18(21-6-2)13-12-14-19-17;/h12-14H,5-11,15-16H2,1-4H3;1H/q+1;/p-1. The molecule has 1 heterocycles. The minimum absolute atomic E-state index is 0. The van der Waals surface area contributed by atoms with Gasteiger partial charge in [0.25, 0.3) is 0 Å². The van der Waals surface area contributed by atoms with Crippen molar-refractivity contribution in [3.63, 3.8) is 0 Å². The maximum absolute atomic E-state index is 5.68. The summed E-state index contributed by atoms with van der Waals surface area (Å²) < 4.78 is 6.66. The number of unbranched alkanes of at least 4 members (excludes halogenated alkanes) is 5. The Kier molecular flexibility index (Phi) is 11.3. The highest BCUT2D eigenvalue weighted by molar-refractivity contribution is 5.26. The number of quaternary nitrogens is 1. The number of halogens is 1. The number of hydrogen-bond acceptors (Lipinski definition) is 2. The summed E-state index contributed by atoms with van der Waals surface area (Å²) in [7, 11) is 4.58. The van der Waals surface area contributed by atoms with E-state index in [1.807, 2.05) is 25.3 Å². The summed E-state index contributed by atoms with van der Waals surface area (Å²) >= 11 is 0. The summed E-state index contributed by atoms with van der Waals surface area (Å²) in [6.45, 7) is 7.12. The number of aromatic nitrogens is 1. The lowest BCUT2D eigenvalue weighted by Gasteiger charge is -2.30. The summed E-state index contributed by atoms with van der Waals surface area (Å²) in [5, 5.41) is 0. The Bertz CT molecular complexity index is 396. The number of nitrogens with zero attached hydrogens (tertiary/aromatic N) is 2. The monoisotopic (exact) mass is 328 g/mol. The van der Waals surface area contributed by atoms with Gasteiger partial charge in [-0.2, -0.15) is 0 Å². The molecular weight excluding hydrogens is 296 g/mol. The van der Waals surface area contributed by atoms with Crippen LogP contribution in [0.5, 0.6) is 5.75 Å². The summed E-state index contributed by atoms with van der Waals surface area (Å²) in [6, 6.07) is 3.97. The second-order valence-electron chi connectivity index (χ2n) is 6.47. The lowest BCUT2D eigenvalue weighted by Crippen LogP contribution is -3.00. The molecule has 0 aromatic carbocycles. The molecule has 4 heteroatoms. The van der Waals surface area contributed by atoms with Gasteiger partial charge in [-0.1, -0.05) is 32.6 Å². The SMILES string of the molecule is CCCCCCCC[N+](C)(C)Cc1ncccc1OCC.[Cl-]. The molecule has 1 aromatic heterocycles. The zero-order valence-electron chi connectivity index (χ0n) is 14.8. The summed E-state index contributed by atoms with van der Waals surface area (Å²) in [5.41, 5.74) is 1.08. The van der Waals surface area contributed by atoms with Crippen molar-refractivity contribution in [2.75, 3.05) is 27.2 Å². The Morgan fingerprint density at radius 2 is 1.73 bits per heavy atom. The number of pyridine rings is 1. The van der Waals surface area contributed by atoms with Gasteiger partial charge < -0.3 is 21.6 Å². The molecule has 0 aliphatic carbocycles. The van der Waals surface area contributed by atoms with Crippen molar-refractivity contribution < 1.29 is 21.6 Å². The van der Waals surface area contributed by atoms with Crippen LogP contribution in [0, 0.1) is 0 Å². The zero-order valence-corrected chi connectivity index (χ0v) is 15.5. The molecule has 22 heavy (non-hydrogen) atoms. The van der Waals surface area contributed by atoms with Gasteiger partial charge in [-0.3, -0.25) is 4.98 Å². The molecule has 0 saturated heterocycles. The van der Waals surface area contributed by atoms with E-state index in [4.69, 9.17) is 4.74 Å². The zero-order chi connectivity index (χ0) is 15.6. The molecule has 0 spiro atoms. The molecule has 128 valence electrons. The third-order valence-corrected chi connectivity index (χ3v) is 3.84. The van der Waals surface area contributed by atoms with Gasteiger partial charge in [0.2, 0.25) is 0 Å². The van der Waals surface area contributed by atoms with Crippen molar-refractivity contribution in [2.45, 2.75) is 58.9 Å². The minimum Gasteiger partial charge on any atom is -1.00 e. The average Bonchev–Trinajstić information content (AvgIpc) is 2.45. The highest BCUT2D eigenvalue weighted by Gasteiger charge is 2.19. The van der Waals surface area contributed by atoms with E-state index in [9.17, 15) is 0 Å². The Morgan fingerprint density at radius 3 is 2.41 bits per heavy atom. The van der Waals surface area contributed by atoms with E-state index >= 15 is 0 Å². The van der Waals surface area contributed by atoms with E-state index in [1.54, 1.807) is 0 Å². The van der Waals surface area contributed by atoms with Crippen molar-refractivity contribution in [3.05, 3.63) is 24.0 Å². The van der Waals surface area contributed by atoms with Crippen LogP contribution in [0.3, 0.4) is 0 Å². The van der Waals surface area contributed by atoms with Crippen molar-refractivity contribution >= 4 is 0 Å². The number of rotatable bonds is 11. The van der Waals surface area contributed by atoms with Gasteiger partial charge >= 0.3 is 0 Å². The quantitative estimate of drug-likeness (QED) is 0.453. The molecule has 1 aromatic rings. The van der Waals surface area contributed by atoms with Crippen molar-refractivity contribution in [1.82, 2.24) is 4.98 Å². The summed E-state index contributed by atoms with van der Waals surface area (Å²) in [6.07, 6.45) is 9.98. The Balaban J connectivity index is 0.00000441. The molecule has 0 aliphatic rings. The van der Waals surface area contributed by atoms with E-state index in [2.05, 4.69) is 26.0 Å². The van der Waals surface area contributed by atoms with Gasteiger partial charge in [-0.15, -0.1) is 0 Å². The summed E-state index contributed by atoms with van der Waals surface area (Å²) in [4.78, 5) is 4.51. The van der Waals surface area contributed by atoms with Gasteiger partial charge in [0.1, 0.15) is 18.0 Å². The Labute approximate surface area is 143 Å². The first-order chi connectivity index (χ1) is 10.1. The maximum atomic E-state index is 5.68. The third-order valence-electron chi connectivity index (χ3n) is 3.84. The molecule has 1 rings (SSSR count). The molecule has 0 aliphatic heterocycles. The second-order valence-corrected chi connectivity index (χ2v) is 6.47. The van der Waals surface area contributed by atoms with Crippen LogP contribution in [-0.4, -0.2) is 36.7 Å². The lowest BCUT2D eigenvalue weighted by molar-refractivity contribution is -0.904. The van der Waals surface area contributed by atoms with Gasteiger partial charge in [-0.05, 0) is 31.9 Å². The minimum atomic E-state index is 0. The van der Waals surface area contributed by atoms with Gasteiger partial charge in [0, 0.05) is 6.20 Å². The topological polar surface area (TPSA) is 22.1 Å². The highest BCUT2D eigenvalue weighted by Crippen LogP contribution is 2.20. The fraction of sp³-hybridized carbons (Fsp3) is 0.722. The Hall–Kier alpha value is -0.800. The first-order valence-corrected chi connectivity index (χ1v) is 8.47. The van der Waals surface area contributed by atoms with E-state index < -0.39 is 0 Å². The lowest BCUT2D eigenvalue weighted by atomic mass is 10.1. The molecule has 0 fully saturated rings. The van der Waals surface area contributed by atoms with Crippen molar-refractivity contribution in [1.29, 1.82) is 0 Å². The molecule has 3 nitrogen and oxygen atoms in total. The van der Waals surface area contributed by atoms with Gasteiger partial charge in [0.05, 0.1) is 27.2 Å². The van der Waals surface area contributed by atoms with Crippen LogP contribution in [0.1, 0.15) is 58.1 Å². The average molecular weight is 329 g/mol. The largest absolute Gasteiger partial charge is 1.00 e. The van der Waals surface area contributed by atoms with Crippen molar-refractivity contribution in [2.24, 2.45) is 0 Å². The van der Waals surface area contributed by atoms with E-state index in [0.717, 1.165) is 22.5 Å². The smallest absolute Gasteiger partial charge is 0.146 e. The van der Waals surface area contributed by atoms with Crippen LogP contribution >= 0.6 is 0 Å². The third kappa shape index (κ3) is 8.60. The molecule has 0 saturated carbocycles. The molecule has 0 N–H and O–H groups in total. The van der Waals surface area contributed by atoms with Gasteiger partial charge in [0.15, 0.2) is 0 Å². The normalized spacial score (nSPS) is 11.1. The number of hydrogen-bond donors (Lipinski definition) is 0. The molecule has 0 radical (unpaired) electrons. The second kappa shape index (κ2) is 11.7. The van der Waals surface area contributed by atoms with Crippen LogP contribution in [-0.2, 0) is 6.54 Å². The first kappa shape index (κ1) is 21.2. The van der Waals surface area contributed by atoms with Crippen LogP contribution in [0.15, 0.2) is 18.3 Å². The molecule has 0 bridgehead atoms. The fourth-order valence-electron chi connectivity index (χ4n) is 2.63. The van der Waals surface area contributed by atoms with E-state index in [1.165, 1.54) is 45.1 Å². The molecule has 0 unspecified atom stereocenters. The van der Waals surface area contributed by atoms with E-state index in [0.29, 0.717) is 6.61 Å². The molecule has 0 amide bonds. The van der Waals surface area contributed by atoms with Crippen LogP contribution in [0.2, 0.25) is 0 Å². The van der Waals surface area contributed by atoms with Crippen LogP contribution in [0.25, 0.3) is 0 Å². The highest BCUT2D eigenvalue weighted by atomic mass is 35.5. The van der Waals surface area contributed by atoms with Gasteiger partial charge in [-0.25, -0.2) is 0 Å². The van der Waals surface area contributed by atoms with E-state index in [-0.39, 0.29) is 12.4 Å². The molecular formula is C18H33ClN2O. The molecule has 0 atom stereocenters.